The van der Waals surface area contributed by atoms with Crippen LogP contribution in [0.15, 0.2) is 0 Å². The molecule has 0 aliphatic carbocycles. The number of rotatable bonds is 5. The van der Waals surface area contributed by atoms with Crippen LogP contribution in [-0.4, -0.2) is 60.7 Å². The molecular formula is C13H25NO3. The quantitative estimate of drug-likeness (QED) is 0.743. The molecule has 0 amide bonds. The zero-order chi connectivity index (χ0) is 12.1. The summed E-state index contributed by atoms with van der Waals surface area (Å²) in [5.74, 6) is 0. The average molecular weight is 243 g/mol. The van der Waals surface area contributed by atoms with Crippen molar-refractivity contribution in [2.75, 3.05) is 39.5 Å². The number of ether oxygens (including phenoxy) is 1. The average Bonchev–Trinajstić information content (AvgIpc) is 2.81. The molecule has 0 bridgehead atoms. The summed E-state index contributed by atoms with van der Waals surface area (Å²) in [6.45, 7) is 3.98. The fraction of sp³-hybridized carbons (Fsp3) is 1.00. The number of likely N-dealkylation sites (tertiary alicyclic amines) is 1. The van der Waals surface area contributed by atoms with E-state index in [4.69, 9.17) is 9.84 Å². The minimum absolute atomic E-state index is 0.0505. The largest absolute Gasteiger partial charge is 0.396 e. The molecule has 4 heteroatoms. The van der Waals surface area contributed by atoms with Gasteiger partial charge in [0, 0.05) is 31.2 Å². The maximum Gasteiger partial charge on any atom is 0.0557 e. The van der Waals surface area contributed by atoms with E-state index in [0.29, 0.717) is 12.6 Å². The second-order valence-corrected chi connectivity index (χ2v) is 5.59. The van der Waals surface area contributed by atoms with Crippen molar-refractivity contribution in [2.45, 2.75) is 38.1 Å². The minimum atomic E-state index is -0.0505. The van der Waals surface area contributed by atoms with Crippen LogP contribution in [0.4, 0.5) is 0 Å². The van der Waals surface area contributed by atoms with E-state index in [9.17, 15) is 5.11 Å². The van der Waals surface area contributed by atoms with Crippen molar-refractivity contribution in [3.8, 4) is 0 Å². The van der Waals surface area contributed by atoms with Crippen molar-refractivity contribution in [3.63, 3.8) is 0 Å². The van der Waals surface area contributed by atoms with Crippen LogP contribution in [0, 0.1) is 5.41 Å². The summed E-state index contributed by atoms with van der Waals surface area (Å²) >= 11 is 0. The molecule has 100 valence electrons. The molecule has 2 atom stereocenters. The number of hydrogen-bond donors (Lipinski definition) is 2. The number of piperidine rings is 1. The molecule has 17 heavy (non-hydrogen) atoms. The molecule has 2 rings (SSSR count). The van der Waals surface area contributed by atoms with Gasteiger partial charge in [-0.25, -0.2) is 0 Å². The summed E-state index contributed by atoms with van der Waals surface area (Å²) in [7, 11) is 0. The van der Waals surface area contributed by atoms with E-state index in [1.54, 1.807) is 0 Å². The van der Waals surface area contributed by atoms with E-state index >= 15 is 0 Å². The van der Waals surface area contributed by atoms with Crippen LogP contribution < -0.4 is 0 Å². The van der Waals surface area contributed by atoms with Crippen molar-refractivity contribution in [1.82, 2.24) is 4.90 Å². The maximum absolute atomic E-state index is 9.61. The van der Waals surface area contributed by atoms with Crippen LogP contribution in [0.1, 0.15) is 32.1 Å². The summed E-state index contributed by atoms with van der Waals surface area (Å²) < 4.78 is 5.45. The number of hydrogen-bond acceptors (Lipinski definition) is 4. The predicted molar refractivity (Wildman–Crippen MR) is 65.9 cm³/mol. The van der Waals surface area contributed by atoms with Gasteiger partial charge in [0.2, 0.25) is 0 Å². The monoisotopic (exact) mass is 243 g/mol. The van der Waals surface area contributed by atoms with Gasteiger partial charge in [0.1, 0.15) is 0 Å². The highest BCUT2D eigenvalue weighted by Gasteiger charge is 2.38. The first-order valence-corrected chi connectivity index (χ1v) is 6.83. The first kappa shape index (κ1) is 13.3. The van der Waals surface area contributed by atoms with Gasteiger partial charge in [0.15, 0.2) is 0 Å². The lowest BCUT2D eigenvalue weighted by molar-refractivity contribution is 0.0235. The summed E-state index contributed by atoms with van der Waals surface area (Å²) in [6, 6.07) is 0.498. The van der Waals surface area contributed by atoms with Crippen LogP contribution >= 0.6 is 0 Å². The van der Waals surface area contributed by atoms with E-state index in [1.165, 1.54) is 19.3 Å². The Morgan fingerprint density at radius 2 is 2.18 bits per heavy atom. The van der Waals surface area contributed by atoms with Gasteiger partial charge >= 0.3 is 0 Å². The molecule has 0 aromatic carbocycles. The fourth-order valence-corrected chi connectivity index (χ4v) is 3.12. The molecule has 0 saturated carbocycles. The zero-order valence-electron chi connectivity index (χ0n) is 10.6. The van der Waals surface area contributed by atoms with Gasteiger partial charge in [-0.1, -0.05) is 6.42 Å². The number of aliphatic hydroxyl groups is 2. The van der Waals surface area contributed by atoms with Crippen molar-refractivity contribution in [3.05, 3.63) is 0 Å². The smallest absolute Gasteiger partial charge is 0.0557 e. The Kier molecular flexibility index (Phi) is 4.79. The van der Waals surface area contributed by atoms with Crippen LogP contribution in [0.25, 0.3) is 0 Å². The Bertz CT molecular complexity index is 227. The molecule has 2 N–H and O–H groups in total. The van der Waals surface area contributed by atoms with Gasteiger partial charge in [0.05, 0.1) is 13.2 Å². The summed E-state index contributed by atoms with van der Waals surface area (Å²) in [4.78, 5) is 2.46. The lowest BCUT2D eigenvalue weighted by Crippen LogP contribution is -2.48. The molecule has 0 spiro atoms. The van der Waals surface area contributed by atoms with Crippen LogP contribution in [0.5, 0.6) is 0 Å². The summed E-state index contributed by atoms with van der Waals surface area (Å²) in [6.07, 6.45) is 5.52. The van der Waals surface area contributed by atoms with E-state index < -0.39 is 0 Å². The summed E-state index contributed by atoms with van der Waals surface area (Å²) in [5, 5.41) is 18.7. The van der Waals surface area contributed by atoms with Crippen LogP contribution in [-0.2, 0) is 4.74 Å². The van der Waals surface area contributed by atoms with Gasteiger partial charge in [-0.15, -0.1) is 0 Å². The molecule has 2 aliphatic heterocycles. The predicted octanol–water partition coefficient (Wildman–Crippen LogP) is 0.622. The van der Waals surface area contributed by atoms with Crippen LogP contribution in [0.2, 0.25) is 0 Å². The third-order valence-electron chi connectivity index (χ3n) is 4.27. The molecule has 2 unspecified atom stereocenters. The molecule has 2 saturated heterocycles. The Labute approximate surface area is 104 Å². The SMILES string of the molecule is OCCC1CCCCN1CC1(CO)CCOC1. The lowest BCUT2D eigenvalue weighted by atomic mass is 9.86. The Morgan fingerprint density at radius 3 is 2.82 bits per heavy atom. The van der Waals surface area contributed by atoms with E-state index in [2.05, 4.69) is 4.90 Å². The first-order chi connectivity index (χ1) is 8.29. The van der Waals surface area contributed by atoms with E-state index in [0.717, 1.165) is 32.5 Å². The highest BCUT2D eigenvalue weighted by molar-refractivity contribution is 4.89. The second kappa shape index (κ2) is 6.14. The molecule has 0 aromatic heterocycles. The molecule has 0 aromatic rings. The highest BCUT2D eigenvalue weighted by atomic mass is 16.5. The zero-order valence-corrected chi connectivity index (χ0v) is 10.6. The van der Waals surface area contributed by atoms with Gasteiger partial charge < -0.3 is 14.9 Å². The third kappa shape index (κ3) is 3.19. The normalized spacial score (nSPS) is 35.3. The summed E-state index contributed by atoms with van der Waals surface area (Å²) in [5.41, 5.74) is -0.0505. The van der Waals surface area contributed by atoms with Gasteiger partial charge in [-0.2, -0.15) is 0 Å². The standard InChI is InChI=1S/C13H25NO3/c15-7-4-12-3-1-2-6-14(12)9-13(10-16)5-8-17-11-13/h12,15-16H,1-11H2. The van der Waals surface area contributed by atoms with E-state index in [-0.39, 0.29) is 18.6 Å². The molecular weight excluding hydrogens is 218 g/mol. The van der Waals surface area contributed by atoms with Crippen molar-refractivity contribution in [1.29, 1.82) is 0 Å². The minimum Gasteiger partial charge on any atom is -0.396 e. The van der Waals surface area contributed by atoms with Crippen LogP contribution in [0.3, 0.4) is 0 Å². The van der Waals surface area contributed by atoms with E-state index in [1.807, 2.05) is 0 Å². The van der Waals surface area contributed by atoms with Gasteiger partial charge in [-0.05, 0) is 32.2 Å². The number of aliphatic hydroxyl groups excluding tert-OH is 2. The molecule has 0 radical (unpaired) electrons. The first-order valence-electron chi connectivity index (χ1n) is 6.83. The second-order valence-electron chi connectivity index (χ2n) is 5.59. The molecule has 2 aliphatic rings. The maximum atomic E-state index is 9.61. The Balaban J connectivity index is 1.94. The topological polar surface area (TPSA) is 52.9 Å². The Hall–Kier alpha value is -0.160. The van der Waals surface area contributed by atoms with Gasteiger partial charge in [0.25, 0.3) is 0 Å². The van der Waals surface area contributed by atoms with Crippen molar-refractivity contribution < 1.29 is 14.9 Å². The van der Waals surface area contributed by atoms with Crippen molar-refractivity contribution in [2.24, 2.45) is 5.41 Å². The molecule has 2 fully saturated rings. The lowest BCUT2D eigenvalue weighted by Gasteiger charge is -2.40. The number of nitrogens with zero attached hydrogens (tertiary/aromatic N) is 1. The molecule has 4 nitrogen and oxygen atoms in total. The highest BCUT2D eigenvalue weighted by Crippen LogP contribution is 2.32. The van der Waals surface area contributed by atoms with Crippen molar-refractivity contribution >= 4 is 0 Å². The van der Waals surface area contributed by atoms with Gasteiger partial charge in [-0.3, -0.25) is 4.90 Å². The Morgan fingerprint density at radius 1 is 1.29 bits per heavy atom. The third-order valence-corrected chi connectivity index (χ3v) is 4.27. The molecule has 2 heterocycles. The fourth-order valence-electron chi connectivity index (χ4n) is 3.12.